The van der Waals surface area contributed by atoms with Crippen molar-refractivity contribution in [2.75, 3.05) is 0 Å². The van der Waals surface area contributed by atoms with Gasteiger partial charge in [-0.3, -0.25) is 0 Å². The third-order valence-corrected chi connectivity index (χ3v) is 3.72. The Kier molecular flexibility index (Phi) is 4.76. The second-order valence-corrected chi connectivity index (χ2v) is 5.38. The number of hydrogen-bond acceptors (Lipinski definition) is 3. The maximum absolute atomic E-state index is 10.6. The molecule has 0 unspecified atom stereocenters. The second-order valence-electron chi connectivity index (χ2n) is 3.75. The van der Waals surface area contributed by atoms with Crippen LogP contribution < -0.4 is 4.74 Å². The van der Waals surface area contributed by atoms with Gasteiger partial charge in [0, 0.05) is 11.6 Å². The Labute approximate surface area is 123 Å². The zero-order valence-corrected chi connectivity index (χ0v) is 12.3. The van der Waals surface area contributed by atoms with Gasteiger partial charge in [0.15, 0.2) is 0 Å². The van der Waals surface area contributed by atoms with Gasteiger partial charge < -0.3 is 9.84 Å². The number of carboxylic acids is 1. The largest absolute Gasteiger partial charge is 0.487 e. The van der Waals surface area contributed by atoms with E-state index in [0.717, 1.165) is 21.7 Å². The van der Waals surface area contributed by atoms with E-state index in [9.17, 15) is 4.79 Å². The van der Waals surface area contributed by atoms with Gasteiger partial charge in [0.25, 0.3) is 0 Å². The Hall–Kier alpha value is -1.59. The first-order valence-electron chi connectivity index (χ1n) is 5.50. The second kappa shape index (κ2) is 6.54. The molecule has 98 valence electrons. The number of aliphatic carboxylic acids is 1. The SMILES string of the molecule is O=C(O)C=Cc1cccc(Br)c1OCc1ccsc1. The third kappa shape index (κ3) is 3.94. The maximum atomic E-state index is 10.6. The van der Waals surface area contributed by atoms with Crippen LogP contribution in [0, 0.1) is 0 Å². The smallest absolute Gasteiger partial charge is 0.328 e. The molecule has 1 N–H and O–H groups in total. The molecule has 0 fully saturated rings. The minimum Gasteiger partial charge on any atom is -0.487 e. The number of thiophene rings is 1. The lowest BCUT2D eigenvalue weighted by molar-refractivity contribution is -0.131. The number of halogens is 1. The number of ether oxygens (including phenoxy) is 1. The van der Waals surface area contributed by atoms with E-state index in [1.54, 1.807) is 11.3 Å². The van der Waals surface area contributed by atoms with Crippen LogP contribution in [-0.4, -0.2) is 11.1 Å². The van der Waals surface area contributed by atoms with E-state index < -0.39 is 5.97 Å². The summed E-state index contributed by atoms with van der Waals surface area (Å²) in [5.74, 6) is -0.338. The Morgan fingerprint density at radius 2 is 2.26 bits per heavy atom. The van der Waals surface area contributed by atoms with Crippen molar-refractivity contribution in [2.24, 2.45) is 0 Å². The molecule has 0 saturated carbocycles. The molecule has 0 radical (unpaired) electrons. The summed E-state index contributed by atoms with van der Waals surface area (Å²) in [4.78, 5) is 10.6. The lowest BCUT2D eigenvalue weighted by atomic mass is 10.2. The molecule has 0 aliphatic rings. The van der Waals surface area contributed by atoms with Crippen LogP contribution in [0.4, 0.5) is 0 Å². The van der Waals surface area contributed by atoms with E-state index in [-0.39, 0.29) is 0 Å². The molecule has 1 aromatic carbocycles. The highest BCUT2D eigenvalue weighted by Crippen LogP contribution is 2.30. The topological polar surface area (TPSA) is 46.5 Å². The van der Waals surface area contributed by atoms with E-state index in [1.165, 1.54) is 6.08 Å². The van der Waals surface area contributed by atoms with Crippen molar-refractivity contribution in [2.45, 2.75) is 6.61 Å². The molecule has 0 spiro atoms. The predicted molar refractivity (Wildman–Crippen MR) is 79.5 cm³/mol. The molecule has 0 saturated heterocycles. The van der Waals surface area contributed by atoms with Crippen LogP contribution in [0.15, 0.2) is 45.6 Å². The minimum absolute atomic E-state index is 0.458. The lowest BCUT2D eigenvalue weighted by Gasteiger charge is -2.10. The molecular weight excluding hydrogens is 328 g/mol. The number of rotatable bonds is 5. The van der Waals surface area contributed by atoms with Crippen LogP contribution in [-0.2, 0) is 11.4 Å². The highest BCUT2D eigenvalue weighted by molar-refractivity contribution is 9.10. The molecule has 2 rings (SSSR count). The van der Waals surface area contributed by atoms with Crippen molar-refractivity contribution in [3.8, 4) is 5.75 Å². The number of para-hydroxylation sites is 1. The summed E-state index contributed by atoms with van der Waals surface area (Å²) in [6, 6.07) is 7.51. The summed E-state index contributed by atoms with van der Waals surface area (Å²) >= 11 is 5.03. The van der Waals surface area contributed by atoms with Crippen molar-refractivity contribution in [3.63, 3.8) is 0 Å². The Balaban J connectivity index is 2.20. The van der Waals surface area contributed by atoms with Gasteiger partial charge >= 0.3 is 5.97 Å². The fraction of sp³-hybridized carbons (Fsp3) is 0.0714. The van der Waals surface area contributed by atoms with Gasteiger partial charge in [0.1, 0.15) is 12.4 Å². The molecule has 2 aromatic rings. The molecule has 1 aromatic heterocycles. The van der Waals surface area contributed by atoms with Crippen molar-refractivity contribution in [1.29, 1.82) is 0 Å². The first-order valence-corrected chi connectivity index (χ1v) is 7.24. The van der Waals surface area contributed by atoms with Gasteiger partial charge in [-0.15, -0.1) is 0 Å². The summed E-state index contributed by atoms with van der Waals surface area (Å²) in [6.45, 7) is 0.458. The lowest BCUT2D eigenvalue weighted by Crippen LogP contribution is -1.97. The maximum Gasteiger partial charge on any atom is 0.328 e. The van der Waals surface area contributed by atoms with Gasteiger partial charge in [0.2, 0.25) is 0 Å². The minimum atomic E-state index is -0.983. The molecule has 19 heavy (non-hydrogen) atoms. The Bertz CT molecular complexity index is 591. The summed E-state index contributed by atoms with van der Waals surface area (Å²) in [5, 5.41) is 12.7. The first kappa shape index (κ1) is 13.8. The highest BCUT2D eigenvalue weighted by atomic mass is 79.9. The van der Waals surface area contributed by atoms with Crippen molar-refractivity contribution < 1.29 is 14.6 Å². The summed E-state index contributed by atoms with van der Waals surface area (Å²) < 4.78 is 6.56. The van der Waals surface area contributed by atoms with E-state index in [4.69, 9.17) is 9.84 Å². The zero-order valence-electron chi connectivity index (χ0n) is 9.88. The number of hydrogen-bond donors (Lipinski definition) is 1. The number of carboxylic acid groups (broad SMARTS) is 1. The van der Waals surface area contributed by atoms with Crippen LogP contribution in [0.2, 0.25) is 0 Å². The molecular formula is C14H11BrO3S. The monoisotopic (exact) mass is 338 g/mol. The molecule has 5 heteroatoms. The van der Waals surface area contributed by atoms with Crippen LogP contribution in [0.5, 0.6) is 5.75 Å². The van der Waals surface area contributed by atoms with E-state index in [0.29, 0.717) is 12.4 Å². The predicted octanol–water partition coefficient (Wildman–Crippen LogP) is 4.19. The van der Waals surface area contributed by atoms with Crippen molar-refractivity contribution in [3.05, 3.63) is 56.7 Å². The van der Waals surface area contributed by atoms with Gasteiger partial charge in [-0.2, -0.15) is 11.3 Å². The molecule has 0 aliphatic carbocycles. The van der Waals surface area contributed by atoms with Crippen LogP contribution in [0.1, 0.15) is 11.1 Å². The molecule has 0 bridgehead atoms. The van der Waals surface area contributed by atoms with Gasteiger partial charge in [0.05, 0.1) is 4.47 Å². The summed E-state index contributed by atoms with van der Waals surface area (Å²) in [7, 11) is 0. The van der Waals surface area contributed by atoms with Crippen molar-refractivity contribution in [1.82, 2.24) is 0 Å². The zero-order chi connectivity index (χ0) is 13.7. The first-order chi connectivity index (χ1) is 9.16. The van der Waals surface area contributed by atoms with Gasteiger partial charge in [-0.1, -0.05) is 12.1 Å². The molecule has 0 amide bonds. The molecule has 0 aliphatic heterocycles. The molecule has 3 nitrogen and oxygen atoms in total. The average molecular weight is 339 g/mol. The standard InChI is InChI=1S/C14H11BrO3S/c15-12-3-1-2-11(4-5-13(16)17)14(12)18-8-10-6-7-19-9-10/h1-7,9H,8H2,(H,16,17). The van der Waals surface area contributed by atoms with E-state index in [1.807, 2.05) is 35.0 Å². The number of carbonyl (C=O) groups is 1. The van der Waals surface area contributed by atoms with Crippen LogP contribution in [0.3, 0.4) is 0 Å². The highest BCUT2D eigenvalue weighted by Gasteiger charge is 2.07. The average Bonchev–Trinajstić information content (AvgIpc) is 2.88. The van der Waals surface area contributed by atoms with Crippen LogP contribution >= 0.6 is 27.3 Å². The number of benzene rings is 1. The molecule has 1 heterocycles. The third-order valence-electron chi connectivity index (χ3n) is 2.37. The van der Waals surface area contributed by atoms with E-state index >= 15 is 0 Å². The normalized spacial score (nSPS) is 10.8. The van der Waals surface area contributed by atoms with Gasteiger partial charge in [-0.25, -0.2) is 4.79 Å². The summed E-state index contributed by atoms with van der Waals surface area (Å²) in [5.41, 5.74) is 1.82. The Morgan fingerprint density at radius 3 is 2.95 bits per heavy atom. The van der Waals surface area contributed by atoms with Crippen LogP contribution in [0.25, 0.3) is 6.08 Å². The fourth-order valence-corrected chi connectivity index (χ4v) is 2.65. The summed E-state index contributed by atoms with van der Waals surface area (Å²) in [6.07, 6.45) is 2.62. The fourth-order valence-electron chi connectivity index (χ4n) is 1.50. The van der Waals surface area contributed by atoms with E-state index in [2.05, 4.69) is 15.9 Å². The van der Waals surface area contributed by atoms with Gasteiger partial charge in [-0.05, 0) is 50.5 Å². The quantitative estimate of drug-likeness (QED) is 0.831. The molecule has 0 atom stereocenters. The Morgan fingerprint density at radius 1 is 1.42 bits per heavy atom. The van der Waals surface area contributed by atoms with Crippen molar-refractivity contribution >= 4 is 39.3 Å².